The number of hydrogen-bond acceptors (Lipinski definition) is 2. The molecule has 32 heavy (non-hydrogen) atoms. The van der Waals surface area contributed by atoms with Crippen LogP contribution in [-0.2, 0) is 9.59 Å². The van der Waals surface area contributed by atoms with Crippen LogP contribution in [0.1, 0.15) is 120 Å². The molecule has 0 aromatic rings. The van der Waals surface area contributed by atoms with Gasteiger partial charge >= 0.3 is 0 Å². The molecule has 0 aromatic heterocycles. The Morgan fingerprint density at radius 3 is 1.91 bits per heavy atom. The molecular formula is C28H56N2O2. The Hall–Kier alpha value is -1.58. The van der Waals surface area contributed by atoms with Crippen LogP contribution in [0, 0.1) is 5.41 Å². The van der Waals surface area contributed by atoms with E-state index in [1.165, 1.54) is 0 Å². The first-order chi connectivity index (χ1) is 15.2. The molecule has 0 radical (unpaired) electrons. The topological polar surface area (TPSA) is 49.4 Å². The maximum absolute atomic E-state index is 12.3. The van der Waals surface area contributed by atoms with E-state index >= 15 is 0 Å². The monoisotopic (exact) mass is 452 g/mol. The molecule has 0 aromatic carbocycles. The highest BCUT2D eigenvalue weighted by atomic mass is 16.2. The number of likely N-dealkylation sites (tertiary alicyclic amines) is 1. The van der Waals surface area contributed by atoms with Gasteiger partial charge in [-0.2, -0.15) is 0 Å². The summed E-state index contributed by atoms with van der Waals surface area (Å²) in [6, 6.07) is 0.166. The van der Waals surface area contributed by atoms with Crippen molar-refractivity contribution in [1.29, 1.82) is 0 Å². The van der Waals surface area contributed by atoms with E-state index in [2.05, 4.69) is 52.7 Å². The summed E-state index contributed by atoms with van der Waals surface area (Å²) in [4.78, 5) is 26.2. The smallest absolute Gasteiger partial charge is 0.243 e. The molecule has 1 saturated carbocycles. The van der Waals surface area contributed by atoms with Crippen molar-refractivity contribution in [2.24, 2.45) is 5.41 Å². The minimum absolute atomic E-state index is 0.0642. The highest BCUT2D eigenvalue weighted by Gasteiger charge is 2.35. The predicted octanol–water partition coefficient (Wildman–Crippen LogP) is 7.69. The van der Waals surface area contributed by atoms with Gasteiger partial charge in [-0.1, -0.05) is 74.3 Å². The van der Waals surface area contributed by atoms with Gasteiger partial charge in [0.15, 0.2) is 0 Å². The van der Waals surface area contributed by atoms with Crippen LogP contribution in [0.25, 0.3) is 0 Å². The van der Waals surface area contributed by atoms with Gasteiger partial charge in [-0.05, 0) is 50.4 Å². The number of nitrogens with one attached hydrogen (secondary N) is 1. The van der Waals surface area contributed by atoms with Crippen molar-refractivity contribution < 1.29 is 9.59 Å². The van der Waals surface area contributed by atoms with E-state index in [0.29, 0.717) is 17.9 Å². The molecule has 1 aliphatic carbocycles. The average Bonchev–Trinajstić information content (AvgIpc) is 3.44. The number of nitrogens with zero attached hydrogens (tertiary/aromatic N) is 1. The van der Waals surface area contributed by atoms with Gasteiger partial charge in [0.05, 0.1) is 0 Å². The second-order valence-corrected chi connectivity index (χ2v) is 9.27. The Morgan fingerprint density at radius 1 is 0.938 bits per heavy atom. The van der Waals surface area contributed by atoms with Gasteiger partial charge < -0.3 is 10.2 Å². The highest BCUT2D eigenvalue weighted by molar-refractivity contribution is 5.88. The van der Waals surface area contributed by atoms with E-state index in [4.69, 9.17) is 0 Å². The molecule has 2 aliphatic rings. The maximum Gasteiger partial charge on any atom is 0.243 e. The summed E-state index contributed by atoms with van der Waals surface area (Å²) in [6.07, 6.45) is 11.9. The Labute approximate surface area is 201 Å². The zero-order chi connectivity index (χ0) is 25.6. The largest absolute Gasteiger partial charge is 0.352 e. The summed E-state index contributed by atoms with van der Waals surface area (Å²) in [5.74, 6) is 0.224. The summed E-state index contributed by atoms with van der Waals surface area (Å²) in [5.41, 5.74) is 0.500. The number of amides is 2. The summed E-state index contributed by atoms with van der Waals surface area (Å²) < 4.78 is 0. The van der Waals surface area contributed by atoms with Crippen molar-refractivity contribution in [2.45, 2.75) is 132 Å². The summed E-state index contributed by atoms with van der Waals surface area (Å²) in [5, 5.41) is 3.03. The molecule has 0 spiro atoms. The summed E-state index contributed by atoms with van der Waals surface area (Å²) in [7, 11) is 0. The van der Waals surface area contributed by atoms with Crippen LogP contribution < -0.4 is 5.32 Å². The Bertz CT molecular complexity index is 459. The molecule has 1 N–H and O–H groups in total. The van der Waals surface area contributed by atoms with Crippen molar-refractivity contribution in [2.75, 3.05) is 6.54 Å². The average molecular weight is 453 g/mol. The van der Waals surface area contributed by atoms with Gasteiger partial charge in [0.1, 0.15) is 6.04 Å². The second kappa shape index (κ2) is 22.6. The first-order valence-electron chi connectivity index (χ1n) is 12.9. The zero-order valence-corrected chi connectivity index (χ0v) is 22.9. The first-order valence-corrected chi connectivity index (χ1v) is 12.9. The molecule has 1 aliphatic heterocycles. The van der Waals surface area contributed by atoms with E-state index in [1.54, 1.807) is 4.90 Å². The van der Waals surface area contributed by atoms with Crippen molar-refractivity contribution in [3.05, 3.63) is 25.8 Å². The number of allylic oxidation sites excluding steroid dienone is 1. The van der Waals surface area contributed by atoms with Crippen LogP contribution in [0.5, 0.6) is 0 Å². The van der Waals surface area contributed by atoms with Crippen LogP contribution >= 0.6 is 0 Å². The van der Waals surface area contributed by atoms with Crippen molar-refractivity contribution in [3.63, 3.8) is 0 Å². The first kappa shape index (κ1) is 35.0. The third-order valence-corrected chi connectivity index (χ3v) is 4.35. The van der Waals surface area contributed by atoms with E-state index in [1.807, 2.05) is 33.8 Å². The lowest BCUT2D eigenvalue weighted by Crippen LogP contribution is -2.46. The van der Waals surface area contributed by atoms with Crippen LogP contribution in [0.4, 0.5) is 0 Å². The van der Waals surface area contributed by atoms with Gasteiger partial charge in [-0.3, -0.25) is 9.59 Å². The number of unbranched alkanes of at least 4 members (excludes halogenated alkanes) is 4. The normalized spacial score (nSPS) is 16.4. The predicted molar refractivity (Wildman–Crippen MR) is 143 cm³/mol. The molecule has 2 fully saturated rings. The lowest BCUT2D eigenvalue weighted by molar-refractivity contribution is -0.138. The minimum atomic E-state index is -0.209. The lowest BCUT2D eigenvalue weighted by atomic mass is 10.0. The molecule has 0 unspecified atom stereocenters. The van der Waals surface area contributed by atoms with Crippen LogP contribution in [0.15, 0.2) is 25.8 Å². The van der Waals surface area contributed by atoms with Gasteiger partial charge in [-0.15, -0.1) is 19.7 Å². The van der Waals surface area contributed by atoms with E-state index in [9.17, 15) is 9.59 Å². The number of carbonyl (C=O) groups is 2. The Morgan fingerprint density at radius 2 is 1.44 bits per heavy atom. The molecule has 2 rings (SSSR count). The zero-order valence-electron chi connectivity index (χ0n) is 22.9. The fourth-order valence-corrected chi connectivity index (χ4v) is 2.92. The molecular weight excluding hydrogens is 396 g/mol. The Kier molecular flexibility index (Phi) is 24.7. The van der Waals surface area contributed by atoms with Gasteiger partial charge in [0, 0.05) is 19.0 Å². The van der Waals surface area contributed by atoms with Gasteiger partial charge in [-0.25, -0.2) is 0 Å². The quantitative estimate of drug-likeness (QED) is 0.288. The third-order valence-electron chi connectivity index (χ3n) is 4.35. The third kappa shape index (κ3) is 21.6. The molecule has 1 saturated heterocycles. The number of rotatable bonds is 9. The van der Waals surface area contributed by atoms with Crippen LogP contribution in [0.3, 0.4) is 0 Å². The van der Waals surface area contributed by atoms with E-state index < -0.39 is 0 Å². The summed E-state index contributed by atoms with van der Waals surface area (Å²) in [6.45, 7) is 27.2. The van der Waals surface area contributed by atoms with E-state index in [-0.39, 0.29) is 17.9 Å². The molecule has 2 amide bonds. The summed E-state index contributed by atoms with van der Waals surface area (Å²) >= 11 is 0. The molecule has 0 bridgehead atoms. The molecule has 4 nitrogen and oxygen atoms in total. The standard InChI is InChI=1S/C17H28N2O2.C5H12.2C2H6.C2H4/c1-2-3-4-5-6-7-10-16(20)19-13-8-9-15(19)17(21)18-14-11-12-14;1-5(2,3)4;3*1-2/h2,14-15H,1,3-13H2,(H,18,21);1-4H3;2*1-2H3;1-2H2/t15-;;;;/m0..../s1. The molecule has 1 atom stereocenters. The van der Waals surface area contributed by atoms with Gasteiger partial charge in [0.25, 0.3) is 0 Å². The molecule has 190 valence electrons. The SMILES string of the molecule is C=C.C=CCCCCCCC(=O)N1CCC[C@H]1C(=O)NC1CC1.CC.CC.CC(C)(C)C. The fraction of sp³-hybridized carbons (Fsp3) is 0.786. The number of hydrogen-bond donors (Lipinski definition) is 1. The fourth-order valence-electron chi connectivity index (χ4n) is 2.92. The van der Waals surface area contributed by atoms with Crippen molar-refractivity contribution in [3.8, 4) is 0 Å². The lowest BCUT2D eigenvalue weighted by Gasteiger charge is -2.24. The highest BCUT2D eigenvalue weighted by Crippen LogP contribution is 2.23. The Balaban J connectivity index is -0.000000652. The van der Waals surface area contributed by atoms with Gasteiger partial charge in [0.2, 0.25) is 11.8 Å². The van der Waals surface area contributed by atoms with Crippen LogP contribution in [-0.4, -0.2) is 35.3 Å². The van der Waals surface area contributed by atoms with E-state index in [0.717, 1.165) is 64.3 Å². The maximum atomic E-state index is 12.3. The second-order valence-electron chi connectivity index (χ2n) is 9.27. The number of carbonyl (C=O) groups excluding carboxylic acids is 2. The van der Waals surface area contributed by atoms with Crippen LogP contribution in [0.2, 0.25) is 0 Å². The molecule has 4 heteroatoms. The minimum Gasteiger partial charge on any atom is -0.352 e. The molecule has 1 heterocycles. The van der Waals surface area contributed by atoms with Crippen molar-refractivity contribution >= 4 is 11.8 Å². The van der Waals surface area contributed by atoms with Crippen molar-refractivity contribution in [1.82, 2.24) is 10.2 Å².